The molecule has 0 fully saturated rings. The number of ether oxygens (including phenoxy) is 3. The molecule has 9 heteroatoms. The van der Waals surface area contributed by atoms with E-state index in [0.717, 1.165) is 5.56 Å². The summed E-state index contributed by atoms with van der Waals surface area (Å²) >= 11 is 1.20. The Morgan fingerprint density at radius 3 is 2.44 bits per heavy atom. The summed E-state index contributed by atoms with van der Waals surface area (Å²) in [5, 5.41) is 2.05. The first-order valence-corrected chi connectivity index (χ1v) is 10.2. The zero-order valence-electron chi connectivity index (χ0n) is 14.9. The molecule has 0 unspecified atom stereocenters. The Morgan fingerprint density at radius 2 is 1.74 bits per heavy atom. The van der Waals surface area contributed by atoms with E-state index in [9.17, 15) is 8.42 Å². The molecule has 0 bridgehead atoms. The highest BCUT2D eigenvalue weighted by Crippen LogP contribution is 2.32. The maximum atomic E-state index is 12.7. The Bertz CT molecular complexity index is 1050. The fraction of sp³-hybridized carbons (Fsp3) is 0.167. The lowest BCUT2D eigenvalue weighted by atomic mass is 10.2. The number of aromatic nitrogens is 1. The molecule has 1 N–H and O–H groups in total. The second kappa shape index (κ2) is 7.85. The van der Waals surface area contributed by atoms with Crippen molar-refractivity contribution < 1.29 is 22.6 Å². The third-order valence-corrected chi connectivity index (χ3v) is 5.98. The molecular formula is C18H18N2O5S2. The van der Waals surface area contributed by atoms with Gasteiger partial charge in [0.25, 0.3) is 10.0 Å². The fourth-order valence-corrected chi connectivity index (χ4v) is 4.38. The van der Waals surface area contributed by atoms with Gasteiger partial charge in [-0.25, -0.2) is 13.4 Å². The molecule has 27 heavy (non-hydrogen) atoms. The van der Waals surface area contributed by atoms with Crippen molar-refractivity contribution in [3.63, 3.8) is 0 Å². The zero-order valence-corrected chi connectivity index (χ0v) is 16.6. The van der Waals surface area contributed by atoms with Crippen LogP contribution in [0.25, 0.3) is 11.3 Å². The normalized spacial score (nSPS) is 11.1. The minimum atomic E-state index is -3.81. The molecule has 0 aliphatic heterocycles. The molecule has 0 aliphatic rings. The van der Waals surface area contributed by atoms with E-state index in [1.54, 1.807) is 12.5 Å². The third-order valence-electron chi connectivity index (χ3n) is 3.76. The van der Waals surface area contributed by atoms with Gasteiger partial charge in [0.1, 0.15) is 5.75 Å². The Labute approximate surface area is 161 Å². The predicted molar refractivity (Wildman–Crippen MR) is 104 cm³/mol. The van der Waals surface area contributed by atoms with Crippen LogP contribution < -0.4 is 18.9 Å². The number of hydrogen-bond acceptors (Lipinski definition) is 7. The van der Waals surface area contributed by atoms with Crippen molar-refractivity contribution in [3.05, 3.63) is 47.8 Å². The van der Waals surface area contributed by atoms with Crippen LogP contribution in [0, 0.1) is 0 Å². The molecule has 0 saturated carbocycles. The summed E-state index contributed by atoms with van der Waals surface area (Å²) in [6.45, 7) is 0. The van der Waals surface area contributed by atoms with Gasteiger partial charge < -0.3 is 14.2 Å². The molecule has 3 aromatic rings. The predicted octanol–water partition coefficient (Wildman–Crippen LogP) is 3.64. The van der Waals surface area contributed by atoms with Gasteiger partial charge in [0.05, 0.1) is 31.9 Å². The average Bonchev–Trinajstić information content (AvgIpc) is 3.15. The van der Waals surface area contributed by atoms with Gasteiger partial charge in [-0.3, -0.25) is 4.72 Å². The molecule has 0 radical (unpaired) electrons. The van der Waals surface area contributed by atoms with Gasteiger partial charge in [0.15, 0.2) is 16.6 Å². The number of methoxy groups -OCH3 is 3. The molecule has 1 aromatic heterocycles. The Kier molecular flexibility index (Phi) is 5.52. The standard InChI is InChI=1S/C18H18N2O5S2/c1-23-13-6-4-5-12(9-13)15-11-26-18(19-15)20-27(21,22)14-7-8-16(24-2)17(10-14)25-3/h4-11H,1-3H3,(H,19,20). The average molecular weight is 406 g/mol. The van der Waals surface area contributed by atoms with Crippen LogP contribution in [-0.4, -0.2) is 34.7 Å². The fourth-order valence-electron chi connectivity index (χ4n) is 2.39. The third kappa shape index (κ3) is 4.15. The molecule has 7 nitrogen and oxygen atoms in total. The molecule has 0 aliphatic carbocycles. The number of anilines is 1. The second-order valence-corrected chi connectivity index (χ2v) is 7.93. The van der Waals surface area contributed by atoms with Gasteiger partial charge in [-0.15, -0.1) is 11.3 Å². The van der Waals surface area contributed by atoms with E-state index in [1.807, 2.05) is 24.3 Å². The minimum Gasteiger partial charge on any atom is -0.497 e. The molecule has 0 atom stereocenters. The lowest BCUT2D eigenvalue weighted by Crippen LogP contribution is -2.13. The quantitative estimate of drug-likeness (QED) is 0.645. The van der Waals surface area contributed by atoms with E-state index in [0.29, 0.717) is 22.9 Å². The number of sulfonamides is 1. The number of nitrogens with one attached hydrogen (secondary N) is 1. The van der Waals surface area contributed by atoms with Gasteiger partial charge in [-0.05, 0) is 24.3 Å². The highest BCUT2D eigenvalue weighted by molar-refractivity contribution is 7.93. The van der Waals surface area contributed by atoms with Crippen molar-refractivity contribution >= 4 is 26.5 Å². The maximum absolute atomic E-state index is 12.7. The van der Waals surface area contributed by atoms with E-state index < -0.39 is 10.0 Å². The first-order valence-electron chi connectivity index (χ1n) is 7.81. The summed E-state index contributed by atoms with van der Waals surface area (Å²) in [7, 11) is 0.705. The number of hydrogen-bond donors (Lipinski definition) is 1. The Balaban J connectivity index is 1.85. The largest absolute Gasteiger partial charge is 0.497 e. The van der Waals surface area contributed by atoms with E-state index in [2.05, 4.69) is 9.71 Å². The molecule has 2 aromatic carbocycles. The summed E-state index contributed by atoms with van der Waals surface area (Å²) in [6, 6.07) is 11.8. The van der Waals surface area contributed by atoms with Crippen LogP contribution in [0.1, 0.15) is 0 Å². The SMILES string of the molecule is COc1cccc(-c2csc(NS(=O)(=O)c3ccc(OC)c(OC)c3)n2)c1. The second-order valence-electron chi connectivity index (χ2n) is 5.39. The van der Waals surface area contributed by atoms with Crippen LogP contribution >= 0.6 is 11.3 Å². The van der Waals surface area contributed by atoms with E-state index in [1.165, 1.54) is 43.8 Å². The van der Waals surface area contributed by atoms with E-state index in [4.69, 9.17) is 14.2 Å². The van der Waals surface area contributed by atoms with Crippen LogP contribution in [0.4, 0.5) is 5.13 Å². The van der Waals surface area contributed by atoms with Gasteiger partial charge in [0.2, 0.25) is 0 Å². The molecule has 1 heterocycles. The summed E-state index contributed by atoms with van der Waals surface area (Å²) in [4.78, 5) is 4.41. The first-order chi connectivity index (χ1) is 13.0. The van der Waals surface area contributed by atoms with Crippen molar-refractivity contribution in [1.29, 1.82) is 0 Å². The van der Waals surface area contributed by atoms with Crippen molar-refractivity contribution in [1.82, 2.24) is 4.98 Å². The summed E-state index contributed by atoms with van der Waals surface area (Å²) in [5.41, 5.74) is 1.49. The van der Waals surface area contributed by atoms with Crippen LogP contribution in [0.5, 0.6) is 17.2 Å². The molecule has 142 valence electrons. The minimum absolute atomic E-state index is 0.0540. The van der Waals surface area contributed by atoms with Crippen molar-refractivity contribution in [3.8, 4) is 28.5 Å². The summed E-state index contributed by atoms with van der Waals surface area (Å²) < 4.78 is 43.3. The lowest BCUT2D eigenvalue weighted by molar-refractivity contribution is 0.354. The highest BCUT2D eigenvalue weighted by atomic mass is 32.2. The number of rotatable bonds is 7. The number of nitrogens with zero attached hydrogens (tertiary/aromatic N) is 1. The monoisotopic (exact) mass is 406 g/mol. The lowest BCUT2D eigenvalue weighted by Gasteiger charge is -2.10. The smallest absolute Gasteiger partial charge is 0.263 e. The van der Waals surface area contributed by atoms with E-state index >= 15 is 0 Å². The first kappa shape index (κ1) is 19.0. The van der Waals surface area contributed by atoms with Crippen LogP contribution in [0.15, 0.2) is 52.7 Å². The molecular weight excluding hydrogens is 388 g/mol. The van der Waals surface area contributed by atoms with Gasteiger partial charge in [-0.1, -0.05) is 12.1 Å². The summed E-state index contributed by atoms with van der Waals surface area (Å²) in [6.07, 6.45) is 0. The number of benzene rings is 2. The Morgan fingerprint density at radius 1 is 0.963 bits per heavy atom. The van der Waals surface area contributed by atoms with Gasteiger partial charge in [-0.2, -0.15) is 0 Å². The molecule has 0 spiro atoms. The van der Waals surface area contributed by atoms with Crippen molar-refractivity contribution in [2.45, 2.75) is 4.90 Å². The van der Waals surface area contributed by atoms with Crippen LogP contribution in [-0.2, 0) is 10.0 Å². The molecule has 0 saturated heterocycles. The van der Waals surface area contributed by atoms with E-state index in [-0.39, 0.29) is 10.0 Å². The van der Waals surface area contributed by atoms with Crippen LogP contribution in [0.3, 0.4) is 0 Å². The highest BCUT2D eigenvalue weighted by Gasteiger charge is 2.19. The number of thiazole rings is 1. The molecule has 3 rings (SSSR count). The molecule has 0 amide bonds. The van der Waals surface area contributed by atoms with Crippen molar-refractivity contribution in [2.24, 2.45) is 0 Å². The van der Waals surface area contributed by atoms with Gasteiger partial charge >= 0.3 is 0 Å². The Hall–Kier alpha value is -2.78. The topological polar surface area (TPSA) is 86.8 Å². The van der Waals surface area contributed by atoms with Crippen LogP contribution in [0.2, 0.25) is 0 Å². The van der Waals surface area contributed by atoms with Gasteiger partial charge in [0, 0.05) is 17.0 Å². The zero-order chi connectivity index (χ0) is 19.4. The maximum Gasteiger partial charge on any atom is 0.263 e. The summed E-state index contributed by atoms with van der Waals surface area (Å²) in [5.74, 6) is 1.48. The van der Waals surface area contributed by atoms with Crippen molar-refractivity contribution in [2.75, 3.05) is 26.1 Å².